The van der Waals surface area contributed by atoms with E-state index in [-0.39, 0.29) is 16.7 Å². The van der Waals surface area contributed by atoms with Crippen LogP contribution in [0.5, 0.6) is 0 Å². The average Bonchev–Trinajstić information content (AvgIpc) is 1.99. The van der Waals surface area contributed by atoms with Gasteiger partial charge in [0.2, 0.25) is 5.91 Å². The van der Waals surface area contributed by atoms with E-state index in [0.29, 0.717) is 6.54 Å². The van der Waals surface area contributed by atoms with Crippen LogP contribution in [0.4, 0.5) is 0 Å². The molecule has 0 aliphatic heterocycles. The lowest BCUT2D eigenvalue weighted by Crippen LogP contribution is -2.49. The molecule has 0 saturated carbocycles. The van der Waals surface area contributed by atoms with E-state index in [2.05, 4.69) is 36.7 Å². The van der Waals surface area contributed by atoms with Crippen molar-refractivity contribution in [3.05, 3.63) is 0 Å². The maximum atomic E-state index is 11.2. The highest BCUT2D eigenvalue weighted by atomic mass is 32.1. The number of hydrogen-bond donors (Lipinski definition) is 2. The zero-order valence-corrected chi connectivity index (χ0v) is 9.98. The fourth-order valence-electron chi connectivity index (χ4n) is 0.609. The molecule has 78 valence electrons. The van der Waals surface area contributed by atoms with E-state index in [1.807, 2.05) is 14.1 Å². The molecule has 0 aromatic carbocycles. The maximum Gasteiger partial charge on any atom is 0.232 e. The number of carbonyl (C=O) groups is 1. The zero-order valence-electron chi connectivity index (χ0n) is 9.09. The standard InChI is InChI=1S/C9H20N2OS/c1-7(13)8(12)10-6-9(2,3)11(4)5/h7,13H,6H2,1-5H3,(H,10,12). The smallest absolute Gasteiger partial charge is 0.232 e. The van der Waals surface area contributed by atoms with Crippen molar-refractivity contribution in [3.8, 4) is 0 Å². The van der Waals surface area contributed by atoms with Gasteiger partial charge in [-0.2, -0.15) is 12.6 Å². The van der Waals surface area contributed by atoms with Crippen LogP contribution in [0.15, 0.2) is 0 Å². The highest BCUT2D eigenvalue weighted by molar-refractivity contribution is 7.81. The van der Waals surface area contributed by atoms with E-state index in [1.165, 1.54) is 0 Å². The Balaban J connectivity index is 3.95. The van der Waals surface area contributed by atoms with Crippen LogP contribution < -0.4 is 5.32 Å². The Hall–Kier alpha value is -0.220. The minimum Gasteiger partial charge on any atom is -0.353 e. The summed E-state index contributed by atoms with van der Waals surface area (Å²) < 4.78 is 0. The lowest BCUT2D eigenvalue weighted by atomic mass is 10.0. The second-order valence-corrected chi connectivity index (χ2v) is 4.88. The Bertz CT molecular complexity index is 178. The van der Waals surface area contributed by atoms with Crippen molar-refractivity contribution in [1.82, 2.24) is 10.2 Å². The molecule has 4 heteroatoms. The number of hydrogen-bond acceptors (Lipinski definition) is 3. The number of thiol groups is 1. The second kappa shape index (κ2) is 4.86. The molecule has 0 spiro atoms. The molecular formula is C9H20N2OS. The third-order valence-electron chi connectivity index (χ3n) is 2.29. The Morgan fingerprint density at radius 3 is 2.31 bits per heavy atom. The first-order chi connectivity index (χ1) is 5.77. The van der Waals surface area contributed by atoms with Gasteiger partial charge in [0.25, 0.3) is 0 Å². The van der Waals surface area contributed by atoms with E-state index in [0.717, 1.165) is 0 Å². The van der Waals surface area contributed by atoms with Crippen molar-refractivity contribution < 1.29 is 4.79 Å². The fourth-order valence-corrected chi connectivity index (χ4v) is 0.701. The van der Waals surface area contributed by atoms with Gasteiger partial charge in [-0.25, -0.2) is 0 Å². The summed E-state index contributed by atoms with van der Waals surface area (Å²) in [6.45, 7) is 6.57. The quantitative estimate of drug-likeness (QED) is 0.663. The first kappa shape index (κ1) is 12.8. The zero-order chi connectivity index (χ0) is 10.6. The minimum absolute atomic E-state index is 0.0155. The molecule has 0 radical (unpaired) electrons. The Morgan fingerprint density at radius 1 is 1.54 bits per heavy atom. The maximum absolute atomic E-state index is 11.2. The molecule has 3 nitrogen and oxygen atoms in total. The van der Waals surface area contributed by atoms with Crippen molar-refractivity contribution in [2.45, 2.75) is 31.6 Å². The van der Waals surface area contributed by atoms with Gasteiger partial charge in [0.15, 0.2) is 0 Å². The molecular weight excluding hydrogens is 184 g/mol. The minimum atomic E-state index is -0.238. The van der Waals surface area contributed by atoms with Gasteiger partial charge in [-0.3, -0.25) is 4.79 Å². The molecule has 1 atom stereocenters. The number of amides is 1. The molecule has 0 aliphatic rings. The molecule has 0 heterocycles. The van der Waals surface area contributed by atoms with Gasteiger partial charge in [-0.15, -0.1) is 0 Å². The van der Waals surface area contributed by atoms with Crippen molar-refractivity contribution in [3.63, 3.8) is 0 Å². The number of likely N-dealkylation sites (N-methyl/N-ethyl adjacent to an activating group) is 1. The monoisotopic (exact) mass is 204 g/mol. The predicted octanol–water partition coefficient (Wildman–Crippen LogP) is 0.761. The van der Waals surface area contributed by atoms with E-state index in [9.17, 15) is 4.79 Å². The summed E-state index contributed by atoms with van der Waals surface area (Å²) in [5.41, 5.74) is -0.0155. The predicted molar refractivity (Wildman–Crippen MR) is 59.2 cm³/mol. The summed E-state index contributed by atoms with van der Waals surface area (Å²) in [6, 6.07) is 0. The van der Waals surface area contributed by atoms with Gasteiger partial charge < -0.3 is 10.2 Å². The van der Waals surface area contributed by atoms with Gasteiger partial charge in [0.1, 0.15) is 0 Å². The fraction of sp³-hybridized carbons (Fsp3) is 0.889. The largest absolute Gasteiger partial charge is 0.353 e. The van der Waals surface area contributed by atoms with Crippen LogP contribution in [-0.4, -0.2) is 42.2 Å². The molecule has 0 fully saturated rings. The summed E-state index contributed by atoms with van der Waals surface area (Å²) in [4.78, 5) is 13.3. The highest BCUT2D eigenvalue weighted by Gasteiger charge is 2.21. The molecule has 0 saturated heterocycles. The number of nitrogens with zero attached hydrogens (tertiary/aromatic N) is 1. The van der Waals surface area contributed by atoms with Crippen molar-refractivity contribution in [1.29, 1.82) is 0 Å². The summed E-state index contributed by atoms with van der Waals surface area (Å²) in [6.07, 6.45) is 0. The highest BCUT2D eigenvalue weighted by Crippen LogP contribution is 2.07. The van der Waals surface area contributed by atoms with Crippen LogP contribution in [0.3, 0.4) is 0 Å². The first-order valence-corrected chi connectivity index (χ1v) is 4.92. The Labute approximate surface area is 86.3 Å². The topological polar surface area (TPSA) is 32.3 Å². The lowest BCUT2D eigenvalue weighted by Gasteiger charge is -2.32. The van der Waals surface area contributed by atoms with Gasteiger partial charge in [-0.05, 0) is 34.9 Å². The van der Waals surface area contributed by atoms with Crippen molar-refractivity contribution in [2.75, 3.05) is 20.6 Å². The molecule has 13 heavy (non-hydrogen) atoms. The molecule has 0 rings (SSSR count). The molecule has 0 aromatic rings. The van der Waals surface area contributed by atoms with E-state index in [1.54, 1.807) is 6.92 Å². The van der Waals surface area contributed by atoms with Crippen molar-refractivity contribution in [2.24, 2.45) is 0 Å². The number of carbonyl (C=O) groups excluding carboxylic acids is 1. The van der Waals surface area contributed by atoms with E-state index < -0.39 is 0 Å². The van der Waals surface area contributed by atoms with Crippen LogP contribution >= 0.6 is 12.6 Å². The molecule has 1 amide bonds. The molecule has 1 N–H and O–H groups in total. The molecule has 0 aromatic heterocycles. The normalized spacial score (nSPS) is 14.4. The van der Waals surface area contributed by atoms with Crippen LogP contribution in [0.25, 0.3) is 0 Å². The van der Waals surface area contributed by atoms with Crippen LogP contribution in [0.2, 0.25) is 0 Å². The summed E-state index contributed by atoms with van der Waals surface area (Å²) in [7, 11) is 3.99. The average molecular weight is 204 g/mol. The van der Waals surface area contributed by atoms with Crippen LogP contribution in [-0.2, 0) is 4.79 Å². The summed E-state index contributed by atoms with van der Waals surface area (Å²) >= 11 is 4.05. The van der Waals surface area contributed by atoms with E-state index >= 15 is 0 Å². The Morgan fingerprint density at radius 2 is 2.00 bits per heavy atom. The summed E-state index contributed by atoms with van der Waals surface area (Å²) in [5.74, 6) is -0.0155. The van der Waals surface area contributed by atoms with Gasteiger partial charge in [0.05, 0.1) is 5.25 Å². The molecule has 0 aliphatic carbocycles. The van der Waals surface area contributed by atoms with E-state index in [4.69, 9.17) is 0 Å². The Kier molecular flexibility index (Phi) is 4.78. The number of nitrogens with one attached hydrogen (secondary N) is 1. The van der Waals surface area contributed by atoms with Gasteiger partial charge in [0, 0.05) is 12.1 Å². The SMILES string of the molecule is CC(S)C(=O)NCC(C)(C)N(C)C. The third kappa shape index (κ3) is 4.52. The third-order valence-corrected chi connectivity index (χ3v) is 2.52. The van der Waals surface area contributed by atoms with Gasteiger partial charge in [-0.1, -0.05) is 0 Å². The second-order valence-electron chi connectivity index (χ2n) is 4.10. The number of rotatable bonds is 4. The van der Waals surface area contributed by atoms with Gasteiger partial charge >= 0.3 is 0 Å². The van der Waals surface area contributed by atoms with Crippen LogP contribution in [0, 0.1) is 0 Å². The van der Waals surface area contributed by atoms with Crippen LogP contribution in [0.1, 0.15) is 20.8 Å². The lowest BCUT2D eigenvalue weighted by molar-refractivity contribution is -0.120. The van der Waals surface area contributed by atoms with Crippen molar-refractivity contribution >= 4 is 18.5 Å². The summed E-state index contributed by atoms with van der Waals surface area (Å²) in [5, 5.41) is 2.61. The first-order valence-electron chi connectivity index (χ1n) is 4.40. The molecule has 0 bridgehead atoms. The molecule has 1 unspecified atom stereocenters.